The maximum Gasteiger partial charge on any atom is 0.321 e. The minimum absolute atomic E-state index is 0.0183. The fraction of sp³-hybridized carbons (Fsp3) is 0.167. The summed E-state index contributed by atoms with van der Waals surface area (Å²) >= 11 is 0.971. The van der Waals surface area contributed by atoms with Gasteiger partial charge in [-0.2, -0.15) is 8.78 Å². The third-order valence-electron chi connectivity index (χ3n) is 3.62. The number of rotatable bonds is 6. The van der Waals surface area contributed by atoms with E-state index >= 15 is 0 Å². The van der Waals surface area contributed by atoms with Crippen LogP contribution < -0.4 is 5.32 Å². The topological polar surface area (TPSA) is 64.0 Å². The predicted octanol–water partition coefficient (Wildman–Crippen LogP) is 4.36. The van der Waals surface area contributed by atoms with Gasteiger partial charge in [-0.15, -0.1) is 0 Å². The number of para-hydroxylation sites is 2. The van der Waals surface area contributed by atoms with Gasteiger partial charge in [-0.1, -0.05) is 23.9 Å². The average molecular weight is 375 g/mol. The normalized spacial score (nSPS) is 11.1. The number of fused-ring (bicyclic) bond motifs is 1. The highest BCUT2D eigenvalue weighted by atomic mass is 32.2. The molecule has 1 aromatic heterocycles. The minimum Gasteiger partial charge on any atom is -0.326 e. The third kappa shape index (κ3) is 3.91. The molecule has 0 spiro atoms. The van der Waals surface area contributed by atoms with Crippen molar-refractivity contribution in [1.29, 1.82) is 0 Å². The first-order chi connectivity index (χ1) is 12.5. The van der Waals surface area contributed by atoms with Gasteiger partial charge in [0.15, 0.2) is 10.9 Å². The van der Waals surface area contributed by atoms with E-state index in [0.29, 0.717) is 22.3 Å². The van der Waals surface area contributed by atoms with E-state index in [1.165, 1.54) is 6.92 Å². The smallest absolute Gasteiger partial charge is 0.321 e. The lowest BCUT2D eigenvalue weighted by Crippen LogP contribution is -2.07. The number of anilines is 1. The number of nitrogens with zero attached hydrogens (tertiary/aromatic N) is 2. The van der Waals surface area contributed by atoms with Crippen LogP contribution in [0.15, 0.2) is 53.7 Å². The number of hydrogen-bond donors (Lipinski definition) is 1. The fourth-order valence-corrected chi connectivity index (χ4v) is 3.38. The maximum atomic E-state index is 13.4. The van der Waals surface area contributed by atoms with Gasteiger partial charge in [0.05, 0.1) is 16.8 Å². The number of aromatic nitrogens is 2. The molecule has 0 saturated carbocycles. The number of imidazole rings is 1. The number of amides is 1. The van der Waals surface area contributed by atoms with Crippen molar-refractivity contribution in [2.24, 2.45) is 0 Å². The number of ketones is 1. The molecule has 0 saturated heterocycles. The second-order valence-electron chi connectivity index (χ2n) is 5.50. The standard InChI is InChI=1S/C18H15F2N3O2S/c1-11(24)21-13-8-6-12(7-9-13)16(25)10-26-18-22-14-4-2-3-5-15(14)23(18)17(19)20/h2-9,17H,10H2,1H3,(H,21,24). The highest BCUT2D eigenvalue weighted by Gasteiger charge is 2.19. The van der Waals surface area contributed by atoms with Gasteiger partial charge in [0.25, 0.3) is 0 Å². The van der Waals surface area contributed by atoms with Crippen molar-refractivity contribution in [2.45, 2.75) is 18.6 Å². The molecule has 0 aliphatic carbocycles. The minimum atomic E-state index is -2.74. The van der Waals surface area contributed by atoms with Crippen molar-refractivity contribution in [3.05, 3.63) is 54.1 Å². The largest absolute Gasteiger partial charge is 0.326 e. The molecule has 0 unspecified atom stereocenters. The maximum absolute atomic E-state index is 13.4. The molecule has 3 rings (SSSR count). The summed E-state index contributed by atoms with van der Waals surface area (Å²) in [4.78, 5) is 27.5. The lowest BCUT2D eigenvalue weighted by atomic mass is 10.1. The highest BCUT2D eigenvalue weighted by Crippen LogP contribution is 2.29. The van der Waals surface area contributed by atoms with Gasteiger partial charge >= 0.3 is 6.55 Å². The van der Waals surface area contributed by atoms with E-state index < -0.39 is 6.55 Å². The van der Waals surface area contributed by atoms with Crippen LogP contribution in [0, 0.1) is 0 Å². The van der Waals surface area contributed by atoms with Gasteiger partial charge in [0.2, 0.25) is 5.91 Å². The van der Waals surface area contributed by atoms with Gasteiger partial charge in [0.1, 0.15) is 0 Å². The van der Waals surface area contributed by atoms with Crippen LogP contribution in [0.3, 0.4) is 0 Å². The van der Waals surface area contributed by atoms with Gasteiger partial charge in [0, 0.05) is 18.2 Å². The van der Waals surface area contributed by atoms with Gasteiger partial charge in [-0.3, -0.25) is 14.2 Å². The Hall–Kier alpha value is -2.74. The first-order valence-electron chi connectivity index (χ1n) is 7.74. The van der Waals surface area contributed by atoms with Crippen molar-refractivity contribution in [2.75, 3.05) is 11.1 Å². The molecule has 1 amide bonds. The Morgan fingerprint density at radius 1 is 1.15 bits per heavy atom. The number of carbonyl (C=O) groups excluding carboxylic acids is 2. The summed E-state index contributed by atoms with van der Waals surface area (Å²) < 4.78 is 27.6. The van der Waals surface area contributed by atoms with Crippen LogP contribution in [-0.2, 0) is 4.79 Å². The zero-order chi connectivity index (χ0) is 18.7. The van der Waals surface area contributed by atoms with Crippen LogP contribution >= 0.6 is 11.8 Å². The van der Waals surface area contributed by atoms with Gasteiger partial charge < -0.3 is 5.32 Å². The molecule has 0 fully saturated rings. The molecular weight excluding hydrogens is 360 g/mol. The number of Topliss-reactive ketones (excluding diaryl/α,β-unsaturated/α-hetero) is 1. The summed E-state index contributed by atoms with van der Waals surface area (Å²) in [5, 5.41) is 2.71. The van der Waals surface area contributed by atoms with Crippen LogP contribution in [-0.4, -0.2) is 27.0 Å². The summed E-state index contributed by atoms with van der Waals surface area (Å²) in [7, 11) is 0. The lowest BCUT2D eigenvalue weighted by Gasteiger charge is -2.07. The predicted molar refractivity (Wildman–Crippen MR) is 96.8 cm³/mol. The zero-order valence-corrected chi connectivity index (χ0v) is 14.6. The molecule has 1 heterocycles. The van der Waals surface area contributed by atoms with Crippen molar-refractivity contribution in [1.82, 2.24) is 9.55 Å². The van der Waals surface area contributed by atoms with E-state index in [9.17, 15) is 18.4 Å². The first-order valence-corrected chi connectivity index (χ1v) is 8.73. The van der Waals surface area contributed by atoms with E-state index in [-0.39, 0.29) is 22.6 Å². The Kier molecular flexibility index (Phi) is 5.32. The molecule has 0 aliphatic heterocycles. The molecule has 0 bridgehead atoms. The van der Waals surface area contributed by atoms with Crippen molar-refractivity contribution in [3.8, 4) is 0 Å². The summed E-state index contributed by atoms with van der Waals surface area (Å²) in [6, 6.07) is 13.0. The molecule has 1 N–H and O–H groups in total. The quantitative estimate of drug-likeness (QED) is 0.513. The van der Waals surface area contributed by atoms with Gasteiger partial charge in [-0.25, -0.2) is 4.98 Å². The Bertz CT molecular complexity index is 955. The summed E-state index contributed by atoms with van der Waals surface area (Å²) in [6.07, 6.45) is 0. The second kappa shape index (κ2) is 7.65. The summed E-state index contributed by atoms with van der Waals surface area (Å²) in [5.74, 6) is -0.432. The molecule has 8 heteroatoms. The molecule has 5 nitrogen and oxygen atoms in total. The number of carbonyl (C=O) groups is 2. The van der Waals surface area contributed by atoms with E-state index in [2.05, 4.69) is 10.3 Å². The zero-order valence-electron chi connectivity index (χ0n) is 13.8. The molecule has 134 valence electrons. The first kappa shape index (κ1) is 18.1. The number of nitrogens with one attached hydrogen (secondary N) is 1. The van der Waals surface area contributed by atoms with Crippen molar-refractivity contribution >= 4 is 40.2 Å². The Morgan fingerprint density at radius 2 is 1.85 bits per heavy atom. The molecule has 0 aliphatic rings. The van der Waals surface area contributed by atoms with Gasteiger partial charge in [-0.05, 0) is 36.4 Å². The Balaban J connectivity index is 1.74. The van der Waals surface area contributed by atoms with E-state index in [0.717, 1.165) is 16.3 Å². The van der Waals surface area contributed by atoms with Crippen molar-refractivity contribution in [3.63, 3.8) is 0 Å². The van der Waals surface area contributed by atoms with E-state index in [4.69, 9.17) is 0 Å². The highest BCUT2D eigenvalue weighted by molar-refractivity contribution is 7.99. The number of alkyl halides is 2. The molecule has 2 aromatic carbocycles. The number of benzene rings is 2. The van der Waals surface area contributed by atoms with Crippen LogP contribution in [0.25, 0.3) is 11.0 Å². The molecule has 0 radical (unpaired) electrons. The summed E-state index contributed by atoms with van der Waals surface area (Å²) in [6.45, 7) is -1.35. The van der Waals surface area contributed by atoms with Crippen LogP contribution in [0.4, 0.5) is 14.5 Å². The summed E-state index contributed by atoms with van der Waals surface area (Å²) in [5.41, 5.74) is 1.81. The monoisotopic (exact) mass is 375 g/mol. The second-order valence-corrected chi connectivity index (χ2v) is 6.44. The van der Waals surface area contributed by atoms with Crippen molar-refractivity contribution < 1.29 is 18.4 Å². The lowest BCUT2D eigenvalue weighted by molar-refractivity contribution is -0.114. The molecular formula is C18H15F2N3O2S. The Labute approximate surface area is 152 Å². The third-order valence-corrected chi connectivity index (χ3v) is 4.57. The van der Waals surface area contributed by atoms with Crippen LogP contribution in [0.1, 0.15) is 23.8 Å². The van der Waals surface area contributed by atoms with Crippen LogP contribution in [0.5, 0.6) is 0 Å². The van der Waals surface area contributed by atoms with E-state index in [1.807, 2.05) is 0 Å². The van der Waals surface area contributed by atoms with E-state index in [1.54, 1.807) is 48.5 Å². The average Bonchev–Trinajstić information content (AvgIpc) is 2.98. The van der Waals surface area contributed by atoms with Crippen LogP contribution in [0.2, 0.25) is 0 Å². The fourth-order valence-electron chi connectivity index (χ4n) is 2.47. The number of hydrogen-bond acceptors (Lipinski definition) is 4. The number of thioether (sulfide) groups is 1. The molecule has 3 aromatic rings. The molecule has 0 atom stereocenters. The SMILES string of the molecule is CC(=O)Nc1ccc(C(=O)CSc2nc3ccccc3n2C(F)F)cc1. The Morgan fingerprint density at radius 3 is 2.50 bits per heavy atom. The number of halogens is 2. The molecule has 26 heavy (non-hydrogen) atoms.